The molecule has 0 aromatic rings. The monoisotopic (exact) mass is 217 g/mol. The first-order valence-corrected chi connectivity index (χ1v) is 4.94. The van der Waals surface area contributed by atoms with Crippen LogP contribution in [0.15, 0.2) is 0 Å². The van der Waals surface area contributed by atoms with Crippen molar-refractivity contribution in [2.45, 2.75) is 18.6 Å². The number of hydrogen-bond acceptors (Lipinski definition) is 2. The summed E-state index contributed by atoms with van der Waals surface area (Å²) in [6.45, 7) is 1.97. The Bertz CT molecular complexity index is 110. The number of halogens is 3. The van der Waals surface area contributed by atoms with E-state index in [1.807, 2.05) is 0 Å². The van der Waals surface area contributed by atoms with Crippen molar-refractivity contribution >= 4 is 24.2 Å². The van der Waals surface area contributed by atoms with E-state index in [2.05, 4.69) is 5.32 Å². The van der Waals surface area contributed by atoms with E-state index in [9.17, 15) is 8.78 Å². The fourth-order valence-corrected chi connectivity index (χ4v) is 1.98. The molecule has 1 rings (SSSR count). The van der Waals surface area contributed by atoms with Crippen LogP contribution in [0.5, 0.6) is 0 Å². The second kappa shape index (κ2) is 6.92. The molecule has 0 radical (unpaired) electrons. The number of alkyl halides is 2. The summed E-state index contributed by atoms with van der Waals surface area (Å²) in [6, 6.07) is 0. The molecule has 0 amide bonds. The van der Waals surface area contributed by atoms with E-state index in [1.54, 1.807) is 0 Å². The SMILES string of the molecule is Cl.FC(F)SCC1CCCNC1. The molecular formula is C7H14ClF2NS. The van der Waals surface area contributed by atoms with Gasteiger partial charge in [-0.25, -0.2) is 0 Å². The minimum absolute atomic E-state index is 0. The molecule has 1 aliphatic rings. The Morgan fingerprint density at radius 3 is 2.75 bits per heavy atom. The summed E-state index contributed by atoms with van der Waals surface area (Å²) in [7, 11) is 0. The van der Waals surface area contributed by atoms with Gasteiger partial charge >= 0.3 is 0 Å². The molecule has 0 spiro atoms. The van der Waals surface area contributed by atoms with Crippen LogP contribution < -0.4 is 5.32 Å². The van der Waals surface area contributed by atoms with Gasteiger partial charge in [0.1, 0.15) is 0 Å². The van der Waals surface area contributed by atoms with Crippen LogP contribution in [0.3, 0.4) is 0 Å². The van der Waals surface area contributed by atoms with Gasteiger partial charge in [0.2, 0.25) is 0 Å². The lowest BCUT2D eigenvalue weighted by atomic mass is 10.0. The van der Waals surface area contributed by atoms with Crippen molar-refractivity contribution in [2.75, 3.05) is 18.8 Å². The van der Waals surface area contributed by atoms with E-state index in [-0.39, 0.29) is 12.4 Å². The maximum absolute atomic E-state index is 11.7. The molecule has 0 aromatic heterocycles. The number of nitrogens with one attached hydrogen (secondary N) is 1. The Labute approximate surface area is 82.1 Å². The van der Waals surface area contributed by atoms with Crippen LogP contribution in [-0.4, -0.2) is 24.6 Å². The first-order valence-electron chi connectivity index (χ1n) is 3.89. The second-order valence-corrected chi connectivity index (χ2v) is 3.83. The molecule has 0 bridgehead atoms. The zero-order valence-electron chi connectivity index (χ0n) is 6.76. The highest BCUT2D eigenvalue weighted by atomic mass is 35.5. The quantitative estimate of drug-likeness (QED) is 0.779. The van der Waals surface area contributed by atoms with Crippen molar-refractivity contribution in [2.24, 2.45) is 5.92 Å². The van der Waals surface area contributed by atoms with Crippen LogP contribution in [0.1, 0.15) is 12.8 Å². The van der Waals surface area contributed by atoms with Crippen LogP contribution in [0.25, 0.3) is 0 Å². The molecular weight excluding hydrogens is 204 g/mol. The summed E-state index contributed by atoms with van der Waals surface area (Å²) in [5.41, 5.74) is 0. The summed E-state index contributed by atoms with van der Waals surface area (Å²) in [5.74, 6) is -1.13. The van der Waals surface area contributed by atoms with Gasteiger partial charge in [-0.3, -0.25) is 0 Å². The van der Waals surface area contributed by atoms with Gasteiger partial charge in [0.25, 0.3) is 5.76 Å². The van der Waals surface area contributed by atoms with Crippen molar-refractivity contribution in [1.82, 2.24) is 5.32 Å². The van der Waals surface area contributed by atoms with E-state index < -0.39 is 5.76 Å². The maximum atomic E-state index is 11.7. The zero-order valence-corrected chi connectivity index (χ0v) is 8.40. The van der Waals surface area contributed by atoms with Crippen LogP contribution >= 0.6 is 24.2 Å². The molecule has 0 saturated carbocycles. The highest BCUT2D eigenvalue weighted by molar-refractivity contribution is 7.99. The normalized spacial score (nSPS) is 23.8. The molecule has 1 nitrogen and oxygen atoms in total. The van der Waals surface area contributed by atoms with Gasteiger partial charge in [0.15, 0.2) is 0 Å². The predicted octanol–water partition coefficient (Wildman–Crippen LogP) is 2.36. The number of piperidine rings is 1. The summed E-state index contributed by atoms with van der Waals surface area (Å²) in [6.07, 6.45) is 2.24. The van der Waals surface area contributed by atoms with Gasteiger partial charge in [-0.2, -0.15) is 8.78 Å². The summed E-state index contributed by atoms with van der Waals surface area (Å²) >= 11 is 0.764. The molecule has 0 aliphatic carbocycles. The molecule has 1 atom stereocenters. The van der Waals surface area contributed by atoms with Crippen LogP contribution in [0.4, 0.5) is 8.78 Å². The van der Waals surface area contributed by atoms with Crippen molar-refractivity contribution in [3.8, 4) is 0 Å². The minimum Gasteiger partial charge on any atom is -0.316 e. The molecule has 1 fully saturated rings. The standard InChI is InChI=1S/C7H13F2NS.ClH/c8-7(9)11-5-6-2-1-3-10-4-6;/h6-7,10H,1-5H2;1H. The van der Waals surface area contributed by atoms with Crippen molar-refractivity contribution in [3.63, 3.8) is 0 Å². The fraction of sp³-hybridized carbons (Fsp3) is 1.00. The smallest absolute Gasteiger partial charge is 0.284 e. The first kappa shape index (κ1) is 12.5. The summed E-state index contributed by atoms with van der Waals surface area (Å²) in [5, 5.41) is 3.20. The van der Waals surface area contributed by atoms with Crippen molar-refractivity contribution in [1.29, 1.82) is 0 Å². The highest BCUT2D eigenvalue weighted by Crippen LogP contribution is 2.21. The van der Waals surface area contributed by atoms with Crippen LogP contribution in [0.2, 0.25) is 0 Å². The average Bonchev–Trinajstić information content (AvgIpc) is 2.03. The third-order valence-electron chi connectivity index (χ3n) is 1.86. The van der Waals surface area contributed by atoms with E-state index in [0.29, 0.717) is 11.7 Å². The molecule has 0 aromatic carbocycles. The van der Waals surface area contributed by atoms with Gasteiger partial charge < -0.3 is 5.32 Å². The lowest BCUT2D eigenvalue weighted by Crippen LogP contribution is -2.31. The molecule has 1 N–H and O–H groups in total. The molecule has 1 aliphatic heterocycles. The first-order chi connectivity index (χ1) is 5.29. The Hall–Kier alpha value is 0.460. The third kappa shape index (κ3) is 5.17. The fourth-order valence-electron chi connectivity index (χ4n) is 1.28. The number of rotatable bonds is 3. The molecule has 1 heterocycles. The Balaban J connectivity index is 0.00000121. The molecule has 1 saturated heterocycles. The minimum atomic E-state index is -2.20. The van der Waals surface area contributed by atoms with E-state index in [4.69, 9.17) is 0 Å². The highest BCUT2D eigenvalue weighted by Gasteiger charge is 2.14. The molecule has 5 heteroatoms. The van der Waals surface area contributed by atoms with Gasteiger partial charge in [-0.1, -0.05) is 11.8 Å². The number of hydrogen-bond donors (Lipinski definition) is 1. The topological polar surface area (TPSA) is 12.0 Å². The molecule has 74 valence electrons. The van der Waals surface area contributed by atoms with Gasteiger partial charge in [-0.15, -0.1) is 12.4 Å². The lowest BCUT2D eigenvalue weighted by molar-refractivity contribution is 0.251. The van der Waals surface area contributed by atoms with E-state index >= 15 is 0 Å². The summed E-state index contributed by atoms with van der Waals surface area (Å²) < 4.78 is 23.5. The van der Waals surface area contributed by atoms with E-state index in [1.165, 1.54) is 0 Å². The van der Waals surface area contributed by atoms with Gasteiger partial charge in [0.05, 0.1) is 0 Å². The van der Waals surface area contributed by atoms with Gasteiger partial charge in [0, 0.05) is 5.75 Å². The van der Waals surface area contributed by atoms with Crippen LogP contribution in [0, 0.1) is 5.92 Å². The Kier molecular flexibility index (Phi) is 7.19. The predicted molar refractivity (Wildman–Crippen MR) is 51.3 cm³/mol. The second-order valence-electron chi connectivity index (χ2n) is 2.81. The Morgan fingerprint density at radius 1 is 1.50 bits per heavy atom. The van der Waals surface area contributed by atoms with Gasteiger partial charge in [-0.05, 0) is 31.8 Å². The molecule has 1 unspecified atom stereocenters. The third-order valence-corrected chi connectivity index (χ3v) is 2.77. The van der Waals surface area contributed by atoms with E-state index in [0.717, 1.165) is 37.7 Å². The van der Waals surface area contributed by atoms with Crippen molar-refractivity contribution < 1.29 is 8.78 Å². The van der Waals surface area contributed by atoms with Crippen molar-refractivity contribution in [3.05, 3.63) is 0 Å². The molecule has 12 heavy (non-hydrogen) atoms. The summed E-state index contributed by atoms with van der Waals surface area (Å²) in [4.78, 5) is 0. The largest absolute Gasteiger partial charge is 0.316 e. The van der Waals surface area contributed by atoms with Crippen LogP contribution in [-0.2, 0) is 0 Å². The lowest BCUT2D eigenvalue weighted by Gasteiger charge is -2.21. The zero-order chi connectivity index (χ0) is 8.10. The Morgan fingerprint density at radius 2 is 2.25 bits per heavy atom. The average molecular weight is 218 g/mol. The maximum Gasteiger partial charge on any atom is 0.284 e. The number of thioether (sulfide) groups is 1.